The van der Waals surface area contributed by atoms with Crippen molar-refractivity contribution in [3.05, 3.63) is 71.8 Å². The summed E-state index contributed by atoms with van der Waals surface area (Å²) in [7, 11) is 1.83. The maximum Gasteiger partial charge on any atom is 0.245 e. The van der Waals surface area contributed by atoms with Gasteiger partial charge in [0, 0.05) is 25.4 Å². The molecule has 268 valence electrons. The number of nitrogens with zero attached hydrogens (tertiary/aromatic N) is 1. The second-order valence-corrected chi connectivity index (χ2v) is 13.5. The van der Waals surface area contributed by atoms with Crippen molar-refractivity contribution in [2.45, 2.75) is 89.4 Å². The van der Waals surface area contributed by atoms with Gasteiger partial charge in [-0.05, 0) is 75.6 Å². The summed E-state index contributed by atoms with van der Waals surface area (Å²) in [5.41, 5.74) is 13.8. The molecular formula is C37H56N8O4. The van der Waals surface area contributed by atoms with Crippen molar-refractivity contribution in [3.8, 4) is 0 Å². The van der Waals surface area contributed by atoms with Gasteiger partial charge in [0.1, 0.15) is 18.1 Å². The highest BCUT2D eigenvalue weighted by molar-refractivity contribution is 5.95. The van der Waals surface area contributed by atoms with Crippen molar-refractivity contribution in [2.24, 2.45) is 23.3 Å². The van der Waals surface area contributed by atoms with E-state index >= 15 is 0 Å². The van der Waals surface area contributed by atoms with Crippen molar-refractivity contribution in [3.63, 3.8) is 0 Å². The largest absolute Gasteiger partial charge is 0.387 e. The van der Waals surface area contributed by atoms with E-state index in [1.54, 1.807) is 4.90 Å². The molecule has 0 saturated carbocycles. The zero-order valence-electron chi connectivity index (χ0n) is 29.3. The first-order chi connectivity index (χ1) is 23.5. The van der Waals surface area contributed by atoms with Gasteiger partial charge in [-0.3, -0.25) is 24.6 Å². The van der Waals surface area contributed by atoms with Crippen LogP contribution in [0, 0.1) is 17.2 Å². The minimum absolute atomic E-state index is 0.0464. The summed E-state index contributed by atoms with van der Waals surface area (Å²) in [6, 6.07) is 15.2. The Kier molecular flexibility index (Phi) is 16.2. The molecule has 5 atom stereocenters. The van der Waals surface area contributed by atoms with Crippen LogP contribution in [0.5, 0.6) is 0 Å². The molecule has 12 nitrogen and oxygen atoms in total. The van der Waals surface area contributed by atoms with E-state index in [0.717, 1.165) is 24.0 Å². The normalized spacial score (nSPS) is 17.2. The van der Waals surface area contributed by atoms with Crippen molar-refractivity contribution < 1.29 is 19.2 Å². The predicted molar refractivity (Wildman–Crippen MR) is 193 cm³/mol. The average molecular weight is 677 g/mol. The highest BCUT2D eigenvalue weighted by Gasteiger charge is 2.33. The summed E-state index contributed by atoms with van der Waals surface area (Å²) in [5, 5.41) is 19.6. The zero-order valence-corrected chi connectivity index (χ0v) is 29.3. The van der Waals surface area contributed by atoms with E-state index in [2.05, 4.69) is 21.3 Å². The first-order valence-corrected chi connectivity index (χ1v) is 17.5. The van der Waals surface area contributed by atoms with Crippen LogP contribution in [0.2, 0.25) is 0 Å². The molecule has 2 aromatic carbocycles. The van der Waals surface area contributed by atoms with E-state index in [1.165, 1.54) is 0 Å². The SMILES string of the molecule is CNCCC[C@@H](NC(=O)[C@@H](CC(C)C)NC(=O)[C@@H](Cc1ccccc1)NC(=O)C(N)Cc1ccccc1)C(=O)N1CCC[C@H](C(=N)N)CC1. The fraction of sp³-hybridized carbons (Fsp3) is 0.541. The van der Waals surface area contributed by atoms with Crippen molar-refractivity contribution in [2.75, 3.05) is 26.7 Å². The molecule has 2 aromatic rings. The predicted octanol–water partition coefficient (Wildman–Crippen LogP) is 1.86. The summed E-state index contributed by atoms with van der Waals surface area (Å²) >= 11 is 0. The Morgan fingerprint density at radius 3 is 1.98 bits per heavy atom. The first kappa shape index (κ1) is 39.2. The number of benzene rings is 2. The molecule has 0 radical (unpaired) electrons. The molecule has 9 N–H and O–H groups in total. The lowest BCUT2D eigenvalue weighted by molar-refractivity contribution is -0.138. The quantitative estimate of drug-likeness (QED) is 0.0711. The second kappa shape index (κ2) is 20.3. The van der Waals surface area contributed by atoms with Crippen LogP contribution in [0.1, 0.15) is 63.5 Å². The van der Waals surface area contributed by atoms with Gasteiger partial charge in [-0.1, -0.05) is 74.5 Å². The molecule has 3 rings (SSSR count). The van der Waals surface area contributed by atoms with Gasteiger partial charge in [0.25, 0.3) is 0 Å². The number of nitrogens with two attached hydrogens (primary N) is 2. The van der Waals surface area contributed by atoms with E-state index in [1.807, 2.05) is 81.6 Å². The van der Waals surface area contributed by atoms with Gasteiger partial charge in [-0.15, -0.1) is 0 Å². The van der Waals surface area contributed by atoms with Crippen LogP contribution in [-0.4, -0.2) is 85.2 Å². The summed E-state index contributed by atoms with van der Waals surface area (Å²) in [6.07, 6.45) is 4.00. The molecule has 1 aliphatic heterocycles. The number of hydrogen-bond acceptors (Lipinski definition) is 7. The monoisotopic (exact) mass is 676 g/mol. The Balaban J connectivity index is 1.77. The number of nitrogens with one attached hydrogen (secondary N) is 5. The maximum absolute atomic E-state index is 13.9. The molecule has 12 heteroatoms. The number of likely N-dealkylation sites (tertiary alicyclic amines) is 1. The molecule has 0 aliphatic carbocycles. The molecular weight excluding hydrogens is 620 g/mol. The molecule has 1 fully saturated rings. The fourth-order valence-electron chi connectivity index (χ4n) is 6.13. The molecule has 1 unspecified atom stereocenters. The lowest BCUT2D eigenvalue weighted by atomic mass is 9.99. The third-order valence-electron chi connectivity index (χ3n) is 8.90. The lowest BCUT2D eigenvalue weighted by Gasteiger charge is -2.29. The number of carbonyl (C=O) groups is 4. The Hall–Kier alpha value is -4.29. The molecule has 0 spiro atoms. The Bertz CT molecular complexity index is 1360. The number of amidine groups is 1. The van der Waals surface area contributed by atoms with Gasteiger partial charge in [0.15, 0.2) is 0 Å². The minimum Gasteiger partial charge on any atom is -0.387 e. The van der Waals surface area contributed by atoms with Crippen molar-refractivity contribution >= 4 is 29.5 Å². The minimum atomic E-state index is -0.987. The molecule has 0 bridgehead atoms. The van der Waals surface area contributed by atoms with Crippen LogP contribution >= 0.6 is 0 Å². The zero-order chi connectivity index (χ0) is 35.8. The Morgan fingerprint density at radius 1 is 0.816 bits per heavy atom. The van der Waals surface area contributed by atoms with Gasteiger partial charge in [0.05, 0.1) is 11.9 Å². The summed E-state index contributed by atoms with van der Waals surface area (Å²) in [6.45, 7) is 5.57. The molecule has 1 heterocycles. The van der Waals surface area contributed by atoms with Crippen LogP contribution < -0.4 is 32.7 Å². The summed E-state index contributed by atoms with van der Waals surface area (Å²) in [4.78, 5) is 56.6. The van der Waals surface area contributed by atoms with Gasteiger partial charge in [0.2, 0.25) is 23.6 Å². The number of hydrogen-bond donors (Lipinski definition) is 7. The van der Waals surface area contributed by atoms with Crippen molar-refractivity contribution in [1.82, 2.24) is 26.2 Å². The third-order valence-corrected chi connectivity index (χ3v) is 8.90. The first-order valence-electron chi connectivity index (χ1n) is 17.5. The molecule has 49 heavy (non-hydrogen) atoms. The van der Waals surface area contributed by atoms with E-state index < -0.39 is 41.9 Å². The van der Waals surface area contributed by atoms with Gasteiger partial charge < -0.3 is 37.6 Å². The maximum atomic E-state index is 13.9. The average Bonchev–Trinajstić information content (AvgIpc) is 3.34. The summed E-state index contributed by atoms with van der Waals surface area (Å²) < 4.78 is 0. The number of amides is 4. The molecule has 1 saturated heterocycles. The number of rotatable bonds is 18. The van der Waals surface area contributed by atoms with Crippen LogP contribution in [0.3, 0.4) is 0 Å². The Morgan fingerprint density at radius 2 is 1.39 bits per heavy atom. The van der Waals surface area contributed by atoms with Gasteiger partial charge in [-0.25, -0.2) is 0 Å². The van der Waals surface area contributed by atoms with Crippen LogP contribution in [0.15, 0.2) is 60.7 Å². The Labute approximate surface area is 291 Å². The van der Waals surface area contributed by atoms with E-state index in [9.17, 15) is 19.2 Å². The van der Waals surface area contributed by atoms with Crippen LogP contribution in [0.25, 0.3) is 0 Å². The molecule has 0 aromatic heterocycles. The van der Waals surface area contributed by atoms with Gasteiger partial charge in [-0.2, -0.15) is 0 Å². The van der Waals surface area contributed by atoms with Crippen molar-refractivity contribution in [1.29, 1.82) is 5.41 Å². The third kappa shape index (κ3) is 13.3. The highest BCUT2D eigenvalue weighted by atomic mass is 16.2. The van der Waals surface area contributed by atoms with Crippen LogP contribution in [0.4, 0.5) is 0 Å². The number of carbonyl (C=O) groups excluding carboxylic acids is 4. The van der Waals surface area contributed by atoms with Gasteiger partial charge >= 0.3 is 0 Å². The van der Waals surface area contributed by atoms with E-state index in [0.29, 0.717) is 51.7 Å². The van der Waals surface area contributed by atoms with Crippen LogP contribution in [-0.2, 0) is 32.0 Å². The standard InChI is InChI=1S/C37H56N8O4/c1-25(2)22-31(35(47)42-30(17-10-19-41-3)37(49)45-20-11-16-28(18-21-45)33(39)40)44-36(48)32(24-27-14-8-5-9-15-27)43-34(46)29(38)23-26-12-6-4-7-13-26/h4-9,12-15,25,28-32,41H,10-11,16-24,38H2,1-3H3,(H3,39,40)(H,42,47)(H,43,46)(H,44,48)/t28-,29?,30+,31+,32+/m0/s1. The van der Waals surface area contributed by atoms with E-state index in [4.69, 9.17) is 16.9 Å². The summed E-state index contributed by atoms with van der Waals surface area (Å²) in [5.74, 6) is -1.48. The molecule has 1 aliphatic rings. The highest BCUT2D eigenvalue weighted by Crippen LogP contribution is 2.19. The second-order valence-electron chi connectivity index (χ2n) is 13.5. The van der Waals surface area contributed by atoms with E-state index in [-0.39, 0.29) is 30.0 Å². The fourth-order valence-corrected chi connectivity index (χ4v) is 6.13. The lowest BCUT2D eigenvalue weighted by Crippen LogP contribution is -2.58. The topological polar surface area (TPSA) is 196 Å². The molecule has 4 amide bonds. The smallest absolute Gasteiger partial charge is 0.245 e.